The van der Waals surface area contributed by atoms with Crippen molar-refractivity contribution in [1.82, 2.24) is 15.5 Å². The fourth-order valence-corrected chi connectivity index (χ4v) is 3.47. The minimum absolute atomic E-state index is 0.0454. The lowest BCUT2D eigenvalue weighted by atomic mass is 10.1. The molecule has 0 saturated heterocycles. The number of amides is 3. The maximum Gasteiger partial charge on any atom is 0.338 e. The number of imide groups is 1. The van der Waals surface area contributed by atoms with Gasteiger partial charge in [-0.2, -0.15) is 0 Å². The average Bonchev–Trinajstić information content (AvgIpc) is 3.46. The summed E-state index contributed by atoms with van der Waals surface area (Å²) in [6, 6.07) is 7.39. The normalized spacial score (nSPS) is 12.8. The molecule has 152 valence electrons. The third-order valence-corrected chi connectivity index (χ3v) is 5.03. The molecule has 0 aliphatic carbocycles. The highest BCUT2D eigenvalue weighted by molar-refractivity contribution is 7.15. The van der Waals surface area contributed by atoms with E-state index in [1.54, 1.807) is 19.1 Å². The molecule has 2 aromatic heterocycles. The van der Waals surface area contributed by atoms with Crippen LogP contribution in [-0.4, -0.2) is 40.5 Å². The Bertz CT molecular complexity index is 1150. The van der Waals surface area contributed by atoms with Gasteiger partial charge in [-0.25, -0.2) is 9.69 Å². The van der Waals surface area contributed by atoms with E-state index in [-0.39, 0.29) is 28.4 Å². The highest BCUT2D eigenvalue weighted by Crippen LogP contribution is 2.30. The van der Waals surface area contributed by atoms with E-state index in [1.165, 1.54) is 24.5 Å². The Balaban J connectivity index is 1.41. The van der Waals surface area contributed by atoms with Crippen molar-refractivity contribution < 1.29 is 28.3 Å². The second-order valence-electron chi connectivity index (χ2n) is 6.24. The maximum absolute atomic E-state index is 12.7. The lowest BCUT2D eigenvalue weighted by Gasteiger charge is -2.07. The van der Waals surface area contributed by atoms with E-state index in [4.69, 9.17) is 9.15 Å². The van der Waals surface area contributed by atoms with E-state index in [2.05, 4.69) is 15.5 Å². The van der Waals surface area contributed by atoms with Crippen LogP contribution in [0.25, 0.3) is 0 Å². The number of anilines is 1. The van der Waals surface area contributed by atoms with Gasteiger partial charge in [-0.1, -0.05) is 11.3 Å². The number of esters is 1. The zero-order valence-electron chi connectivity index (χ0n) is 15.6. The Morgan fingerprint density at radius 1 is 1.17 bits per heavy atom. The van der Waals surface area contributed by atoms with Gasteiger partial charge in [0.25, 0.3) is 17.7 Å². The van der Waals surface area contributed by atoms with E-state index in [9.17, 15) is 19.2 Å². The van der Waals surface area contributed by atoms with Gasteiger partial charge in [0.15, 0.2) is 6.61 Å². The number of benzene rings is 1. The lowest BCUT2D eigenvalue weighted by Crippen LogP contribution is -2.29. The van der Waals surface area contributed by atoms with Crippen molar-refractivity contribution in [3.63, 3.8) is 0 Å². The van der Waals surface area contributed by atoms with Gasteiger partial charge >= 0.3 is 5.97 Å². The monoisotopic (exact) mass is 426 g/mol. The molecule has 0 bridgehead atoms. The van der Waals surface area contributed by atoms with Gasteiger partial charge < -0.3 is 14.5 Å². The molecule has 3 amide bonds. The molecule has 30 heavy (non-hydrogen) atoms. The van der Waals surface area contributed by atoms with Crippen LogP contribution in [0.4, 0.5) is 5.13 Å². The summed E-state index contributed by atoms with van der Waals surface area (Å²) in [7, 11) is 0. The second-order valence-corrected chi connectivity index (χ2v) is 7.40. The van der Waals surface area contributed by atoms with E-state index in [1.807, 2.05) is 0 Å². The summed E-state index contributed by atoms with van der Waals surface area (Å²) in [6.45, 7) is 1.37. The Morgan fingerprint density at radius 3 is 2.67 bits per heavy atom. The van der Waals surface area contributed by atoms with Crippen LogP contribution in [0, 0.1) is 6.92 Å². The zero-order valence-corrected chi connectivity index (χ0v) is 16.4. The fourth-order valence-electron chi connectivity index (χ4n) is 2.78. The first-order valence-corrected chi connectivity index (χ1v) is 9.55. The number of nitrogens with zero attached hydrogens (tertiary/aromatic N) is 3. The molecule has 1 aromatic carbocycles. The molecule has 10 nitrogen and oxygen atoms in total. The van der Waals surface area contributed by atoms with E-state index < -0.39 is 30.3 Å². The van der Waals surface area contributed by atoms with Gasteiger partial charge in [-0.05, 0) is 37.3 Å². The van der Waals surface area contributed by atoms with Crippen molar-refractivity contribution in [2.45, 2.75) is 13.5 Å². The van der Waals surface area contributed by atoms with E-state index >= 15 is 0 Å². The zero-order chi connectivity index (χ0) is 21.3. The number of hydrogen-bond acceptors (Lipinski definition) is 9. The number of nitrogens with one attached hydrogen (secondary N) is 1. The van der Waals surface area contributed by atoms with Crippen molar-refractivity contribution in [3.05, 3.63) is 64.1 Å². The topological polar surface area (TPSA) is 132 Å². The number of ether oxygens (including phenoxy) is 1. The fraction of sp³-hybridized carbons (Fsp3) is 0.158. The summed E-state index contributed by atoms with van der Waals surface area (Å²) < 4.78 is 10.1. The number of aromatic nitrogens is 2. The van der Waals surface area contributed by atoms with Crippen molar-refractivity contribution in [3.8, 4) is 0 Å². The largest absolute Gasteiger partial charge is 0.467 e. The quantitative estimate of drug-likeness (QED) is 0.465. The molecule has 3 heterocycles. The number of furan rings is 1. The van der Waals surface area contributed by atoms with Crippen LogP contribution in [0.3, 0.4) is 0 Å². The molecular weight excluding hydrogens is 412 g/mol. The summed E-state index contributed by atoms with van der Waals surface area (Å²) >= 11 is 1.11. The molecule has 3 aromatic rings. The lowest BCUT2D eigenvalue weighted by molar-refractivity contribution is -0.124. The first-order valence-electron chi connectivity index (χ1n) is 8.73. The number of rotatable bonds is 6. The van der Waals surface area contributed by atoms with E-state index in [0.29, 0.717) is 10.8 Å². The summed E-state index contributed by atoms with van der Waals surface area (Å²) in [4.78, 5) is 50.2. The minimum atomic E-state index is -0.795. The maximum atomic E-state index is 12.7. The first-order chi connectivity index (χ1) is 14.4. The van der Waals surface area contributed by atoms with Crippen molar-refractivity contribution in [1.29, 1.82) is 0 Å². The SMILES string of the molecule is Cc1nnc(N2C(=O)c3ccc(C(=O)OCC(=O)NCc4ccco4)cc3C2=O)s1. The standard InChI is InChI=1S/C19H14N4O6S/c1-10-21-22-19(30-10)23-16(25)13-5-4-11(7-14(13)17(23)26)18(27)29-9-15(24)20-8-12-3-2-6-28-12/h2-7H,8-9H2,1H3,(H,20,24). The smallest absolute Gasteiger partial charge is 0.338 e. The molecule has 0 atom stereocenters. The Kier molecular flexibility index (Phi) is 5.11. The first kappa shape index (κ1) is 19.5. The molecule has 0 radical (unpaired) electrons. The Labute approximate surface area is 173 Å². The second kappa shape index (κ2) is 7.87. The molecule has 0 spiro atoms. The highest BCUT2D eigenvalue weighted by Gasteiger charge is 2.39. The van der Waals surface area contributed by atoms with Crippen LogP contribution < -0.4 is 10.2 Å². The molecule has 0 fully saturated rings. The van der Waals surface area contributed by atoms with Crippen LogP contribution >= 0.6 is 11.3 Å². The molecular formula is C19H14N4O6S. The molecule has 0 unspecified atom stereocenters. The number of aryl methyl sites for hydroxylation is 1. The van der Waals surface area contributed by atoms with Crippen molar-refractivity contribution >= 4 is 40.2 Å². The van der Waals surface area contributed by atoms with E-state index in [0.717, 1.165) is 16.2 Å². The van der Waals surface area contributed by atoms with Gasteiger partial charge in [0.05, 0.1) is 29.5 Å². The molecule has 1 aliphatic rings. The predicted molar refractivity (Wildman–Crippen MR) is 103 cm³/mol. The predicted octanol–water partition coefficient (Wildman–Crippen LogP) is 1.71. The summed E-state index contributed by atoms with van der Waals surface area (Å²) in [5.74, 6) is -1.88. The van der Waals surface area contributed by atoms with Crippen molar-refractivity contribution in [2.75, 3.05) is 11.5 Å². The number of hydrogen-bond donors (Lipinski definition) is 1. The van der Waals surface area contributed by atoms with Crippen LogP contribution in [0.2, 0.25) is 0 Å². The summed E-state index contributed by atoms with van der Waals surface area (Å²) in [6.07, 6.45) is 1.48. The van der Waals surface area contributed by atoms with Crippen LogP contribution in [0.1, 0.15) is 41.8 Å². The minimum Gasteiger partial charge on any atom is -0.467 e. The molecule has 4 rings (SSSR count). The van der Waals surface area contributed by atoms with Crippen LogP contribution in [0.15, 0.2) is 41.0 Å². The Hall–Kier alpha value is -3.86. The third-order valence-electron chi connectivity index (χ3n) is 4.20. The highest BCUT2D eigenvalue weighted by atomic mass is 32.1. The van der Waals surface area contributed by atoms with Gasteiger partial charge in [0.2, 0.25) is 5.13 Å². The molecule has 1 N–H and O–H groups in total. The summed E-state index contributed by atoms with van der Waals surface area (Å²) in [5, 5.41) is 11.0. The average molecular weight is 426 g/mol. The van der Waals surface area contributed by atoms with Crippen molar-refractivity contribution in [2.24, 2.45) is 0 Å². The number of fused-ring (bicyclic) bond motifs is 1. The summed E-state index contributed by atoms with van der Waals surface area (Å²) in [5.41, 5.74) is 0.259. The third kappa shape index (κ3) is 3.70. The number of carbonyl (C=O) groups is 4. The van der Waals surface area contributed by atoms with Gasteiger partial charge in [0, 0.05) is 0 Å². The van der Waals surface area contributed by atoms with Gasteiger partial charge in [0.1, 0.15) is 10.8 Å². The molecule has 1 aliphatic heterocycles. The van der Waals surface area contributed by atoms with Crippen LogP contribution in [0.5, 0.6) is 0 Å². The van der Waals surface area contributed by atoms with Crippen LogP contribution in [-0.2, 0) is 16.1 Å². The van der Waals surface area contributed by atoms with Gasteiger partial charge in [-0.3, -0.25) is 14.4 Å². The number of carbonyl (C=O) groups excluding carboxylic acids is 4. The van der Waals surface area contributed by atoms with Gasteiger partial charge in [-0.15, -0.1) is 10.2 Å². The molecule has 11 heteroatoms. The Morgan fingerprint density at radius 2 is 1.97 bits per heavy atom. The molecule has 0 saturated carbocycles.